The standard InChI is InChI=1S/C23H19FN4O4S/c1-13(2)21-27-28-19(29)11-16(25-23(28)33-21)12-32-22(31)17-8-3-4-9-18(17)26-20(30)14-6-5-7-15(24)10-14/h3-11,13H,12H2,1-2H3,(H,26,30). The lowest BCUT2D eigenvalue weighted by molar-refractivity contribution is 0.0469. The van der Waals surface area contributed by atoms with Gasteiger partial charge in [-0.2, -0.15) is 9.61 Å². The molecule has 0 saturated carbocycles. The van der Waals surface area contributed by atoms with Crippen LogP contribution in [-0.2, 0) is 11.3 Å². The van der Waals surface area contributed by atoms with Crippen LogP contribution in [0.5, 0.6) is 0 Å². The first kappa shape index (κ1) is 22.3. The highest BCUT2D eigenvalue weighted by molar-refractivity contribution is 7.16. The zero-order chi connectivity index (χ0) is 23.5. The van der Waals surface area contributed by atoms with Crippen molar-refractivity contribution >= 4 is 33.9 Å². The van der Waals surface area contributed by atoms with Gasteiger partial charge in [-0.15, -0.1) is 0 Å². The van der Waals surface area contributed by atoms with E-state index in [4.69, 9.17) is 4.74 Å². The van der Waals surface area contributed by atoms with Crippen LogP contribution in [0.1, 0.15) is 51.2 Å². The fourth-order valence-electron chi connectivity index (χ4n) is 2.99. The first-order valence-corrected chi connectivity index (χ1v) is 10.9. The molecule has 0 atom stereocenters. The second-order valence-corrected chi connectivity index (χ2v) is 8.45. The summed E-state index contributed by atoms with van der Waals surface area (Å²) in [6.07, 6.45) is 0. The number of amides is 1. The summed E-state index contributed by atoms with van der Waals surface area (Å²) >= 11 is 1.30. The van der Waals surface area contributed by atoms with Crippen molar-refractivity contribution in [1.29, 1.82) is 0 Å². The van der Waals surface area contributed by atoms with Crippen LogP contribution in [0.25, 0.3) is 4.96 Å². The highest BCUT2D eigenvalue weighted by Crippen LogP contribution is 2.21. The van der Waals surface area contributed by atoms with Crippen LogP contribution in [0.3, 0.4) is 0 Å². The predicted octanol–water partition coefficient (Wildman–Crippen LogP) is 4.02. The number of ether oxygens (including phenoxy) is 1. The van der Waals surface area contributed by atoms with Crippen molar-refractivity contribution in [3.63, 3.8) is 0 Å². The average molecular weight is 466 g/mol. The zero-order valence-corrected chi connectivity index (χ0v) is 18.6. The van der Waals surface area contributed by atoms with Gasteiger partial charge in [0.1, 0.15) is 17.4 Å². The Hall–Kier alpha value is -3.92. The molecule has 4 aromatic rings. The maximum Gasteiger partial charge on any atom is 0.340 e. The monoisotopic (exact) mass is 466 g/mol. The maximum atomic E-state index is 13.4. The minimum atomic E-state index is -0.709. The Bertz CT molecular complexity index is 1410. The molecule has 0 aliphatic carbocycles. The normalized spacial score (nSPS) is 11.0. The third-order valence-corrected chi connectivity index (χ3v) is 5.85. The smallest absolute Gasteiger partial charge is 0.340 e. The molecule has 2 aromatic carbocycles. The average Bonchev–Trinajstić information content (AvgIpc) is 3.23. The molecule has 168 valence electrons. The molecule has 1 amide bonds. The van der Waals surface area contributed by atoms with Crippen LogP contribution in [0.2, 0.25) is 0 Å². The quantitative estimate of drug-likeness (QED) is 0.431. The van der Waals surface area contributed by atoms with E-state index in [9.17, 15) is 18.8 Å². The number of carbonyl (C=O) groups is 2. The van der Waals surface area contributed by atoms with E-state index in [0.717, 1.165) is 11.1 Å². The number of halogens is 1. The summed E-state index contributed by atoms with van der Waals surface area (Å²) in [4.78, 5) is 42.3. The van der Waals surface area contributed by atoms with Gasteiger partial charge in [0.05, 0.1) is 16.9 Å². The minimum absolute atomic E-state index is 0.111. The van der Waals surface area contributed by atoms with E-state index in [1.807, 2.05) is 13.8 Å². The Kier molecular flexibility index (Phi) is 6.27. The van der Waals surface area contributed by atoms with Gasteiger partial charge in [0, 0.05) is 17.5 Å². The molecule has 0 aliphatic heterocycles. The van der Waals surface area contributed by atoms with E-state index >= 15 is 0 Å². The summed E-state index contributed by atoms with van der Waals surface area (Å²) < 4.78 is 20.0. The van der Waals surface area contributed by atoms with Crippen LogP contribution in [0.4, 0.5) is 10.1 Å². The summed E-state index contributed by atoms with van der Waals surface area (Å²) in [6, 6.07) is 12.8. The fraction of sp³-hybridized carbons (Fsp3) is 0.174. The summed E-state index contributed by atoms with van der Waals surface area (Å²) in [5.41, 5.74) is 0.358. The van der Waals surface area contributed by atoms with Crippen LogP contribution >= 0.6 is 11.3 Å². The summed E-state index contributed by atoms with van der Waals surface area (Å²) in [6.45, 7) is 3.71. The molecule has 2 aromatic heterocycles. The van der Waals surface area contributed by atoms with Crippen molar-refractivity contribution in [1.82, 2.24) is 14.6 Å². The first-order valence-electron chi connectivity index (χ1n) is 10.0. The van der Waals surface area contributed by atoms with Crippen molar-refractivity contribution in [2.24, 2.45) is 0 Å². The van der Waals surface area contributed by atoms with Gasteiger partial charge in [0.2, 0.25) is 4.96 Å². The molecule has 0 radical (unpaired) electrons. The Morgan fingerprint density at radius 3 is 2.70 bits per heavy atom. The number of nitrogens with one attached hydrogen (secondary N) is 1. The summed E-state index contributed by atoms with van der Waals surface area (Å²) in [5, 5.41) is 7.63. The molecule has 4 rings (SSSR count). The molecule has 2 heterocycles. The number of hydrogen-bond donors (Lipinski definition) is 1. The number of hydrogen-bond acceptors (Lipinski definition) is 7. The minimum Gasteiger partial charge on any atom is -0.456 e. The van der Waals surface area contributed by atoms with Gasteiger partial charge >= 0.3 is 5.97 Å². The lowest BCUT2D eigenvalue weighted by Gasteiger charge is -2.11. The molecule has 0 aliphatic rings. The van der Waals surface area contributed by atoms with E-state index in [0.29, 0.717) is 4.96 Å². The van der Waals surface area contributed by atoms with E-state index in [2.05, 4.69) is 15.4 Å². The Labute approximate surface area is 191 Å². The second kappa shape index (κ2) is 9.29. The molecular formula is C23H19FN4O4S. The molecule has 10 heteroatoms. The predicted molar refractivity (Wildman–Crippen MR) is 121 cm³/mol. The molecule has 1 N–H and O–H groups in total. The van der Waals surface area contributed by atoms with Crippen molar-refractivity contribution in [3.8, 4) is 0 Å². The Morgan fingerprint density at radius 1 is 1.15 bits per heavy atom. The number of fused-ring (bicyclic) bond motifs is 1. The number of carbonyl (C=O) groups excluding carboxylic acids is 2. The molecule has 8 nitrogen and oxygen atoms in total. The number of benzene rings is 2. The van der Waals surface area contributed by atoms with Crippen molar-refractivity contribution in [3.05, 3.63) is 92.6 Å². The van der Waals surface area contributed by atoms with Gasteiger partial charge in [0.15, 0.2) is 0 Å². The van der Waals surface area contributed by atoms with E-state index < -0.39 is 17.7 Å². The molecule has 0 bridgehead atoms. The lowest BCUT2D eigenvalue weighted by atomic mass is 10.1. The Balaban J connectivity index is 1.50. The highest BCUT2D eigenvalue weighted by atomic mass is 32.1. The number of aromatic nitrogens is 3. The van der Waals surface area contributed by atoms with Gasteiger partial charge in [-0.1, -0.05) is 43.4 Å². The fourth-order valence-corrected chi connectivity index (χ4v) is 3.92. The SMILES string of the molecule is CC(C)c1nn2c(=O)cc(COC(=O)c3ccccc3NC(=O)c3cccc(F)c3)nc2s1. The first-order chi connectivity index (χ1) is 15.8. The van der Waals surface area contributed by atoms with Gasteiger partial charge in [-0.25, -0.2) is 14.2 Å². The molecular weight excluding hydrogens is 447 g/mol. The lowest BCUT2D eigenvalue weighted by Crippen LogP contribution is -2.18. The number of esters is 1. The third-order valence-electron chi connectivity index (χ3n) is 4.64. The van der Waals surface area contributed by atoms with Gasteiger partial charge in [0.25, 0.3) is 11.5 Å². The molecule has 0 spiro atoms. The van der Waals surface area contributed by atoms with Crippen LogP contribution in [0, 0.1) is 5.82 Å². The number of anilines is 1. The van der Waals surface area contributed by atoms with Crippen molar-refractivity contribution in [2.75, 3.05) is 5.32 Å². The summed E-state index contributed by atoms with van der Waals surface area (Å²) in [7, 11) is 0. The van der Waals surface area contributed by atoms with Gasteiger partial charge < -0.3 is 10.1 Å². The van der Waals surface area contributed by atoms with Crippen molar-refractivity contribution < 1.29 is 18.7 Å². The molecule has 0 unspecified atom stereocenters. The van der Waals surface area contributed by atoms with Crippen LogP contribution in [-0.4, -0.2) is 26.5 Å². The molecule has 33 heavy (non-hydrogen) atoms. The number of para-hydroxylation sites is 1. The van der Waals surface area contributed by atoms with E-state index in [-0.39, 0.29) is 40.6 Å². The van der Waals surface area contributed by atoms with Gasteiger partial charge in [-0.05, 0) is 30.3 Å². The highest BCUT2D eigenvalue weighted by Gasteiger charge is 2.17. The topological polar surface area (TPSA) is 103 Å². The van der Waals surface area contributed by atoms with Gasteiger partial charge in [-0.3, -0.25) is 9.59 Å². The number of rotatable bonds is 6. The third kappa shape index (κ3) is 4.96. The zero-order valence-electron chi connectivity index (χ0n) is 17.7. The van der Waals surface area contributed by atoms with E-state index in [1.165, 1.54) is 52.3 Å². The number of nitrogens with zero attached hydrogens (tertiary/aromatic N) is 3. The Morgan fingerprint density at radius 2 is 1.94 bits per heavy atom. The van der Waals surface area contributed by atoms with Crippen LogP contribution in [0.15, 0.2) is 59.4 Å². The second-order valence-electron chi connectivity index (χ2n) is 7.46. The largest absolute Gasteiger partial charge is 0.456 e. The molecule has 0 saturated heterocycles. The van der Waals surface area contributed by atoms with E-state index in [1.54, 1.807) is 12.1 Å². The van der Waals surface area contributed by atoms with Crippen LogP contribution < -0.4 is 10.9 Å². The molecule has 0 fully saturated rings. The summed E-state index contributed by atoms with van der Waals surface area (Å²) in [5.74, 6) is -1.67. The maximum absolute atomic E-state index is 13.4. The van der Waals surface area contributed by atoms with Crippen molar-refractivity contribution in [2.45, 2.75) is 26.4 Å².